The Bertz CT molecular complexity index is 565. The van der Waals surface area contributed by atoms with E-state index in [9.17, 15) is 14.0 Å². The third-order valence-electron chi connectivity index (χ3n) is 3.18. The van der Waals surface area contributed by atoms with E-state index in [1.807, 2.05) is 0 Å². The molecule has 1 aromatic carbocycles. The van der Waals surface area contributed by atoms with Gasteiger partial charge in [0.05, 0.1) is 11.1 Å². The van der Waals surface area contributed by atoms with Crippen molar-refractivity contribution in [2.24, 2.45) is 0 Å². The first kappa shape index (κ1) is 18.7. The van der Waals surface area contributed by atoms with Gasteiger partial charge in [-0.15, -0.1) is 0 Å². The molecule has 22 heavy (non-hydrogen) atoms. The average Bonchev–Trinajstić information content (AvgIpc) is 2.43. The molecule has 0 aliphatic rings. The zero-order valence-electron chi connectivity index (χ0n) is 12.8. The van der Waals surface area contributed by atoms with Gasteiger partial charge in [-0.2, -0.15) is 0 Å². The quantitative estimate of drug-likeness (QED) is 0.799. The summed E-state index contributed by atoms with van der Waals surface area (Å²) in [6.07, 6.45) is 0.949. The van der Waals surface area contributed by atoms with E-state index in [1.165, 1.54) is 17.0 Å². The van der Waals surface area contributed by atoms with E-state index in [0.29, 0.717) is 23.4 Å². The van der Waals surface area contributed by atoms with Crippen LogP contribution in [0, 0.1) is 5.82 Å². The number of nitrogens with one attached hydrogen (secondary N) is 1. The van der Waals surface area contributed by atoms with Crippen LogP contribution in [0.1, 0.15) is 37.8 Å². The van der Waals surface area contributed by atoms with Crippen molar-refractivity contribution in [2.45, 2.75) is 32.2 Å². The Morgan fingerprint density at radius 3 is 2.50 bits per heavy atom. The lowest BCUT2D eigenvalue weighted by Gasteiger charge is -2.17. The van der Waals surface area contributed by atoms with Crippen LogP contribution in [0.3, 0.4) is 0 Å². The van der Waals surface area contributed by atoms with Crippen LogP contribution in [0.4, 0.5) is 4.39 Å². The van der Waals surface area contributed by atoms with Crippen LogP contribution in [-0.2, 0) is 9.59 Å². The number of halogens is 3. The molecule has 0 radical (unpaired) electrons. The maximum absolute atomic E-state index is 13.5. The highest BCUT2D eigenvalue weighted by molar-refractivity contribution is 6.36. The lowest BCUT2D eigenvalue weighted by molar-refractivity contribution is -0.129. The predicted octanol–water partition coefficient (Wildman–Crippen LogP) is 3.57. The van der Waals surface area contributed by atoms with Crippen LogP contribution >= 0.6 is 23.2 Å². The van der Waals surface area contributed by atoms with Gasteiger partial charge in [-0.25, -0.2) is 4.39 Å². The Morgan fingerprint density at radius 1 is 1.27 bits per heavy atom. The molecule has 0 aliphatic heterocycles. The maximum atomic E-state index is 13.5. The number of rotatable bonds is 6. The molecule has 0 spiro atoms. The van der Waals surface area contributed by atoms with E-state index in [1.54, 1.807) is 21.0 Å². The van der Waals surface area contributed by atoms with Gasteiger partial charge in [0.1, 0.15) is 5.82 Å². The Hall–Kier alpha value is -1.33. The minimum Gasteiger partial charge on any atom is -0.349 e. The van der Waals surface area contributed by atoms with Gasteiger partial charge in [0.15, 0.2) is 0 Å². The van der Waals surface area contributed by atoms with Crippen molar-refractivity contribution in [1.82, 2.24) is 10.2 Å². The van der Waals surface area contributed by atoms with Gasteiger partial charge in [0.2, 0.25) is 11.8 Å². The van der Waals surface area contributed by atoms with Crippen LogP contribution in [0.15, 0.2) is 12.1 Å². The molecular weight excluding hydrogens is 330 g/mol. The molecule has 1 aromatic rings. The van der Waals surface area contributed by atoms with Crippen molar-refractivity contribution in [2.75, 3.05) is 14.1 Å². The Labute approximate surface area is 139 Å². The zero-order chi connectivity index (χ0) is 16.9. The maximum Gasteiger partial charge on any atom is 0.222 e. The zero-order valence-corrected chi connectivity index (χ0v) is 14.3. The van der Waals surface area contributed by atoms with E-state index in [2.05, 4.69) is 5.32 Å². The largest absolute Gasteiger partial charge is 0.349 e. The van der Waals surface area contributed by atoms with Crippen LogP contribution in [0.5, 0.6) is 0 Å². The van der Waals surface area contributed by atoms with Gasteiger partial charge < -0.3 is 10.2 Å². The standard InChI is InChI=1S/C15H19Cl2FN2O2/c1-9(14-10(16)7-8-11(18)15(14)17)19-12(21)5-4-6-13(22)20(2)3/h7-9H,4-6H2,1-3H3,(H,19,21). The topological polar surface area (TPSA) is 49.4 Å². The van der Waals surface area contributed by atoms with Crippen molar-refractivity contribution in [3.8, 4) is 0 Å². The summed E-state index contributed by atoms with van der Waals surface area (Å²) in [7, 11) is 3.33. The van der Waals surface area contributed by atoms with Gasteiger partial charge >= 0.3 is 0 Å². The monoisotopic (exact) mass is 348 g/mol. The molecule has 0 fully saturated rings. The number of carbonyl (C=O) groups is 2. The summed E-state index contributed by atoms with van der Waals surface area (Å²) in [5.41, 5.74) is 0.348. The lowest BCUT2D eigenvalue weighted by atomic mass is 10.1. The van der Waals surface area contributed by atoms with E-state index in [0.717, 1.165) is 0 Å². The second-order valence-electron chi connectivity index (χ2n) is 5.19. The van der Waals surface area contributed by atoms with Gasteiger partial charge in [-0.1, -0.05) is 23.2 Å². The smallest absolute Gasteiger partial charge is 0.222 e. The predicted molar refractivity (Wildman–Crippen MR) is 85.5 cm³/mol. The van der Waals surface area contributed by atoms with Crippen LogP contribution in [-0.4, -0.2) is 30.8 Å². The summed E-state index contributed by atoms with van der Waals surface area (Å²) in [4.78, 5) is 24.8. The number of hydrogen-bond donors (Lipinski definition) is 1. The minimum atomic E-state index is -0.584. The Kier molecular flexibility index (Phi) is 7.10. The van der Waals surface area contributed by atoms with Crippen molar-refractivity contribution in [3.05, 3.63) is 33.6 Å². The highest BCUT2D eigenvalue weighted by atomic mass is 35.5. The molecule has 1 rings (SSSR count). The van der Waals surface area contributed by atoms with Crippen LogP contribution in [0.25, 0.3) is 0 Å². The summed E-state index contributed by atoms with van der Waals surface area (Å²) in [6, 6.07) is 2.05. The molecular formula is C15H19Cl2FN2O2. The number of benzene rings is 1. The molecule has 0 heterocycles. The molecule has 0 aliphatic carbocycles. The molecule has 7 heteroatoms. The fourth-order valence-electron chi connectivity index (χ4n) is 1.95. The minimum absolute atomic E-state index is 0.0305. The Balaban J connectivity index is 2.58. The van der Waals surface area contributed by atoms with Gasteiger partial charge in [-0.05, 0) is 25.5 Å². The van der Waals surface area contributed by atoms with Gasteiger partial charge in [-0.3, -0.25) is 9.59 Å². The van der Waals surface area contributed by atoms with Crippen molar-refractivity contribution in [1.29, 1.82) is 0 Å². The molecule has 2 amide bonds. The highest BCUT2D eigenvalue weighted by Crippen LogP contribution is 2.32. The second kappa shape index (κ2) is 8.34. The SMILES string of the molecule is CC(NC(=O)CCCC(=O)N(C)C)c1c(Cl)ccc(F)c1Cl. The molecule has 1 N–H and O–H groups in total. The van der Waals surface area contributed by atoms with Crippen molar-refractivity contribution >= 4 is 35.0 Å². The molecule has 122 valence electrons. The lowest BCUT2D eigenvalue weighted by Crippen LogP contribution is -2.27. The summed E-state index contributed by atoms with van der Waals surface area (Å²) in [5, 5.41) is 2.91. The number of hydrogen-bond acceptors (Lipinski definition) is 2. The molecule has 0 aromatic heterocycles. The summed E-state index contributed by atoms with van der Waals surface area (Å²) in [6.45, 7) is 1.68. The number of amides is 2. The van der Waals surface area contributed by atoms with E-state index in [-0.39, 0.29) is 23.3 Å². The number of carbonyl (C=O) groups excluding carboxylic acids is 2. The van der Waals surface area contributed by atoms with Crippen molar-refractivity contribution in [3.63, 3.8) is 0 Å². The first-order valence-electron chi connectivity index (χ1n) is 6.87. The van der Waals surface area contributed by atoms with E-state index >= 15 is 0 Å². The molecule has 0 saturated heterocycles. The van der Waals surface area contributed by atoms with Crippen LogP contribution < -0.4 is 5.32 Å². The summed E-state index contributed by atoms with van der Waals surface area (Å²) >= 11 is 11.9. The third kappa shape index (κ3) is 5.14. The van der Waals surface area contributed by atoms with Gasteiger partial charge in [0.25, 0.3) is 0 Å². The molecule has 4 nitrogen and oxygen atoms in total. The highest BCUT2D eigenvalue weighted by Gasteiger charge is 2.18. The average molecular weight is 349 g/mol. The first-order chi connectivity index (χ1) is 10.2. The van der Waals surface area contributed by atoms with Gasteiger partial charge in [0, 0.05) is 37.5 Å². The number of nitrogens with zero attached hydrogens (tertiary/aromatic N) is 1. The molecule has 1 atom stereocenters. The molecule has 0 bridgehead atoms. The van der Waals surface area contributed by atoms with E-state index < -0.39 is 11.9 Å². The first-order valence-corrected chi connectivity index (χ1v) is 7.62. The van der Waals surface area contributed by atoms with Crippen molar-refractivity contribution < 1.29 is 14.0 Å². The van der Waals surface area contributed by atoms with E-state index in [4.69, 9.17) is 23.2 Å². The molecule has 1 unspecified atom stereocenters. The van der Waals surface area contributed by atoms with Crippen LogP contribution in [0.2, 0.25) is 10.0 Å². The Morgan fingerprint density at radius 2 is 1.91 bits per heavy atom. The summed E-state index contributed by atoms with van der Waals surface area (Å²) in [5.74, 6) is -0.855. The third-order valence-corrected chi connectivity index (χ3v) is 3.90. The summed E-state index contributed by atoms with van der Waals surface area (Å²) < 4.78 is 13.5. The fraction of sp³-hybridized carbons (Fsp3) is 0.467. The normalized spacial score (nSPS) is 11.9. The second-order valence-corrected chi connectivity index (χ2v) is 5.97. The molecule has 0 saturated carbocycles. The fourth-order valence-corrected chi connectivity index (χ4v) is 2.65.